The Bertz CT molecular complexity index is 479. The van der Waals surface area contributed by atoms with E-state index in [1.165, 1.54) is 0 Å². The fourth-order valence-corrected chi connectivity index (χ4v) is 2.78. The molecule has 0 bridgehead atoms. The third-order valence-electron chi connectivity index (χ3n) is 4.03. The lowest BCUT2D eigenvalue weighted by Crippen LogP contribution is -2.42. The highest BCUT2D eigenvalue weighted by Crippen LogP contribution is 2.30. The van der Waals surface area contributed by atoms with Crippen LogP contribution in [0.3, 0.4) is 0 Å². The minimum atomic E-state index is -0.231. The number of hydrogen-bond acceptors (Lipinski definition) is 3. The second kappa shape index (κ2) is 5.83. The average molecular weight is 274 g/mol. The molecule has 4 nitrogen and oxygen atoms in total. The van der Waals surface area contributed by atoms with E-state index in [1.54, 1.807) is 0 Å². The zero-order valence-electron chi connectivity index (χ0n) is 11.8. The minimum Gasteiger partial charge on any atom is -0.399 e. The Morgan fingerprint density at radius 1 is 1.30 bits per heavy atom. The second-order valence-corrected chi connectivity index (χ2v) is 5.80. The van der Waals surface area contributed by atoms with Gasteiger partial charge in [0, 0.05) is 24.9 Å². The van der Waals surface area contributed by atoms with Gasteiger partial charge in [0.1, 0.15) is 6.10 Å². The van der Waals surface area contributed by atoms with Crippen molar-refractivity contribution in [3.05, 3.63) is 29.8 Å². The Hall–Kier alpha value is -1.55. The molecule has 1 atom stereocenters. The number of nitrogens with two attached hydrogens (primary N) is 1. The summed E-state index contributed by atoms with van der Waals surface area (Å²) >= 11 is 0. The van der Waals surface area contributed by atoms with Crippen molar-refractivity contribution in [3.63, 3.8) is 0 Å². The van der Waals surface area contributed by atoms with Crippen LogP contribution in [0.2, 0.25) is 0 Å². The third-order valence-corrected chi connectivity index (χ3v) is 4.03. The maximum Gasteiger partial charge on any atom is 0.252 e. The second-order valence-electron chi connectivity index (χ2n) is 5.80. The maximum absolute atomic E-state index is 12.6. The molecule has 1 saturated carbocycles. The van der Waals surface area contributed by atoms with Gasteiger partial charge in [0.25, 0.3) is 5.91 Å². The molecule has 2 N–H and O–H groups in total. The zero-order valence-corrected chi connectivity index (χ0v) is 11.8. The number of amides is 1. The standard InChI is InChI=1S/C16H22N2O2/c17-13-5-3-4-12(10-13)11-18(14-7-8-14)16(19)15-6-1-2-9-20-15/h3-5,10,14-15H,1-2,6-9,11,17H2. The van der Waals surface area contributed by atoms with Crippen LogP contribution in [-0.2, 0) is 16.1 Å². The molecular formula is C16H22N2O2. The number of ether oxygens (including phenoxy) is 1. The fraction of sp³-hybridized carbons (Fsp3) is 0.562. The number of nitrogen functional groups attached to an aromatic ring is 1. The molecule has 1 aromatic carbocycles. The molecule has 1 heterocycles. The van der Waals surface area contributed by atoms with Gasteiger partial charge in [-0.25, -0.2) is 0 Å². The first-order valence-electron chi connectivity index (χ1n) is 7.50. The van der Waals surface area contributed by atoms with Crippen LogP contribution in [0.25, 0.3) is 0 Å². The lowest BCUT2D eigenvalue weighted by atomic mass is 10.1. The van der Waals surface area contributed by atoms with Gasteiger partial charge in [0.2, 0.25) is 0 Å². The lowest BCUT2D eigenvalue weighted by molar-refractivity contribution is -0.147. The fourth-order valence-electron chi connectivity index (χ4n) is 2.78. The van der Waals surface area contributed by atoms with E-state index in [2.05, 4.69) is 0 Å². The van der Waals surface area contributed by atoms with Gasteiger partial charge in [-0.15, -0.1) is 0 Å². The monoisotopic (exact) mass is 274 g/mol. The van der Waals surface area contributed by atoms with E-state index in [-0.39, 0.29) is 12.0 Å². The Morgan fingerprint density at radius 3 is 2.80 bits per heavy atom. The summed E-state index contributed by atoms with van der Waals surface area (Å²) in [6.07, 6.45) is 5.02. The van der Waals surface area contributed by atoms with Gasteiger partial charge in [-0.2, -0.15) is 0 Å². The van der Waals surface area contributed by atoms with Crippen LogP contribution in [0.15, 0.2) is 24.3 Å². The largest absolute Gasteiger partial charge is 0.399 e. The molecule has 4 heteroatoms. The summed E-state index contributed by atoms with van der Waals surface area (Å²) in [7, 11) is 0. The quantitative estimate of drug-likeness (QED) is 0.857. The first kappa shape index (κ1) is 13.4. The van der Waals surface area contributed by atoms with Crippen LogP contribution in [0, 0.1) is 0 Å². The number of carbonyl (C=O) groups is 1. The first-order valence-corrected chi connectivity index (χ1v) is 7.50. The van der Waals surface area contributed by atoms with Gasteiger partial charge < -0.3 is 15.4 Å². The van der Waals surface area contributed by atoms with Crippen molar-refractivity contribution in [1.82, 2.24) is 4.90 Å². The van der Waals surface area contributed by atoms with Gasteiger partial charge in [-0.1, -0.05) is 12.1 Å². The van der Waals surface area contributed by atoms with Gasteiger partial charge >= 0.3 is 0 Å². The van der Waals surface area contributed by atoms with Gasteiger partial charge in [-0.3, -0.25) is 4.79 Å². The molecule has 1 aromatic rings. The van der Waals surface area contributed by atoms with Crippen molar-refractivity contribution in [1.29, 1.82) is 0 Å². The van der Waals surface area contributed by atoms with E-state index in [9.17, 15) is 4.79 Å². The minimum absolute atomic E-state index is 0.162. The molecular weight excluding hydrogens is 252 g/mol. The highest BCUT2D eigenvalue weighted by atomic mass is 16.5. The SMILES string of the molecule is Nc1cccc(CN(C(=O)C2CCCCO2)C2CC2)c1. The number of nitrogens with zero attached hydrogens (tertiary/aromatic N) is 1. The smallest absolute Gasteiger partial charge is 0.252 e. The zero-order chi connectivity index (χ0) is 13.9. The molecule has 108 valence electrons. The lowest BCUT2D eigenvalue weighted by Gasteiger charge is -2.29. The van der Waals surface area contributed by atoms with E-state index in [0.29, 0.717) is 19.2 Å². The normalized spacial score (nSPS) is 22.5. The van der Waals surface area contributed by atoms with Crippen molar-refractivity contribution in [2.75, 3.05) is 12.3 Å². The van der Waals surface area contributed by atoms with E-state index >= 15 is 0 Å². The van der Waals surface area contributed by atoms with Crippen molar-refractivity contribution < 1.29 is 9.53 Å². The predicted molar refractivity (Wildman–Crippen MR) is 78.0 cm³/mol. The van der Waals surface area contributed by atoms with Crippen LogP contribution in [0.4, 0.5) is 5.69 Å². The molecule has 0 aromatic heterocycles. The van der Waals surface area contributed by atoms with Crippen molar-refractivity contribution in [2.45, 2.75) is 50.8 Å². The highest BCUT2D eigenvalue weighted by molar-refractivity contribution is 5.81. The summed E-state index contributed by atoms with van der Waals surface area (Å²) in [5.41, 5.74) is 7.66. The number of carbonyl (C=O) groups excluding carboxylic acids is 1. The molecule has 1 amide bonds. The first-order chi connectivity index (χ1) is 9.74. The molecule has 1 saturated heterocycles. The molecule has 0 spiro atoms. The summed E-state index contributed by atoms with van der Waals surface area (Å²) in [6.45, 7) is 1.36. The van der Waals surface area contributed by atoms with Crippen molar-refractivity contribution in [3.8, 4) is 0 Å². The molecule has 2 aliphatic rings. The molecule has 2 fully saturated rings. The molecule has 1 aliphatic carbocycles. The Kier molecular flexibility index (Phi) is 3.92. The van der Waals surface area contributed by atoms with Gasteiger partial charge in [0.05, 0.1) is 0 Å². The molecule has 3 rings (SSSR count). The summed E-state index contributed by atoms with van der Waals surface area (Å²) in [6, 6.07) is 8.19. The molecule has 1 unspecified atom stereocenters. The molecule has 0 radical (unpaired) electrons. The number of benzene rings is 1. The van der Waals surface area contributed by atoms with E-state index in [1.807, 2.05) is 29.2 Å². The van der Waals surface area contributed by atoms with Crippen molar-refractivity contribution in [2.24, 2.45) is 0 Å². The average Bonchev–Trinajstić information content (AvgIpc) is 3.30. The Morgan fingerprint density at radius 2 is 2.15 bits per heavy atom. The Labute approximate surface area is 119 Å². The van der Waals surface area contributed by atoms with Gasteiger partial charge in [0.15, 0.2) is 0 Å². The topological polar surface area (TPSA) is 55.6 Å². The highest BCUT2D eigenvalue weighted by Gasteiger charge is 2.36. The van der Waals surface area contributed by atoms with Crippen LogP contribution >= 0.6 is 0 Å². The van der Waals surface area contributed by atoms with Crippen LogP contribution < -0.4 is 5.73 Å². The van der Waals surface area contributed by atoms with Gasteiger partial charge in [-0.05, 0) is 49.8 Å². The number of anilines is 1. The maximum atomic E-state index is 12.6. The van der Waals surface area contributed by atoms with E-state index < -0.39 is 0 Å². The van der Waals surface area contributed by atoms with Crippen LogP contribution in [0.5, 0.6) is 0 Å². The number of rotatable bonds is 4. The summed E-state index contributed by atoms with van der Waals surface area (Å²) < 4.78 is 5.64. The molecule has 20 heavy (non-hydrogen) atoms. The number of hydrogen-bond donors (Lipinski definition) is 1. The third kappa shape index (κ3) is 3.12. The van der Waals surface area contributed by atoms with E-state index in [0.717, 1.165) is 43.4 Å². The molecule has 1 aliphatic heterocycles. The summed E-state index contributed by atoms with van der Waals surface area (Å²) in [5, 5.41) is 0. The van der Waals surface area contributed by atoms with Crippen LogP contribution in [0.1, 0.15) is 37.7 Å². The van der Waals surface area contributed by atoms with Crippen LogP contribution in [-0.4, -0.2) is 29.6 Å². The summed E-state index contributed by atoms with van der Waals surface area (Å²) in [4.78, 5) is 14.6. The van der Waals surface area contributed by atoms with E-state index in [4.69, 9.17) is 10.5 Å². The summed E-state index contributed by atoms with van der Waals surface area (Å²) in [5.74, 6) is 0.162. The Balaban J connectivity index is 1.70. The predicted octanol–water partition coefficient (Wildman–Crippen LogP) is 2.33. The van der Waals surface area contributed by atoms with Crippen molar-refractivity contribution >= 4 is 11.6 Å².